The SMILES string of the molecule is CC.c1ccc(CN=C(c2ccccc2)c2ccccc2)cc1. The van der Waals surface area contributed by atoms with Crippen LogP contribution < -0.4 is 0 Å². The summed E-state index contributed by atoms with van der Waals surface area (Å²) in [4.78, 5) is 4.85. The zero-order chi connectivity index (χ0) is 16.3. The second-order valence-electron chi connectivity index (χ2n) is 4.88. The molecule has 0 fully saturated rings. The first kappa shape index (κ1) is 16.7. The Morgan fingerprint density at radius 2 is 1.00 bits per heavy atom. The van der Waals surface area contributed by atoms with Crippen molar-refractivity contribution in [1.82, 2.24) is 0 Å². The van der Waals surface area contributed by atoms with Gasteiger partial charge in [-0.2, -0.15) is 0 Å². The minimum absolute atomic E-state index is 0.694. The highest BCUT2D eigenvalue weighted by Crippen LogP contribution is 2.12. The molecule has 0 aromatic heterocycles. The molecule has 0 radical (unpaired) electrons. The Labute approximate surface area is 139 Å². The predicted octanol–water partition coefficient (Wildman–Crippen LogP) is 5.75. The van der Waals surface area contributed by atoms with Crippen LogP contribution in [0.3, 0.4) is 0 Å². The summed E-state index contributed by atoms with van der Waals surface area (Å²) in [5.74, 6) is 0. The molecule has 0 aliphatic carbocycles. The minimum atomic E-state index is 0.694. The molecule has 0 unspecified atom stereocenters. The van der Waals surface area contributed by atoms with E-state index in [1.807, 2.05) is 32.0 Å². The molecule has 3 aromatic carbocycles. The molecule has 3 aromatic rings. The zero-order valence-electron chi connectivity index (χ0n) is 13.8. The summed E-state index contributed by atoms with van der Waals surface area (Å²) >= 11 is 0. The van der Waals surface area contributed by atoms with E-state index in [-0.39, 0.29) is 0 Å². The van der Waals surface area contributed by atoms with Gasteiger partial charge in [0.25, 0.3) is 0 Å². The molecular formula is C22H23N. The van der Waals surface area contributed by atoms with Crippen molar-refractivity contribution in [2.45, 2.75) is 20.4 Å². The van der Waals surface area contributed by atoms with Gasteiger partial charge in [-0.1, -0.05) is 105 Å². The van der Waals surface area contributed by atoms with Crippen LogP contribution in [0.25, 0.3) is 0 Å². The maximum Gasteiger partial charge on any atom is 0.0723 e. The number of nitrogens with zero attached hydrogens (tertiary/aromatic N) is 1. The first-order valence-corrected chi connectivity index (χ1v) is 8.13. The first-order chi connectivity index (χ1) is 11.4. The molecule has 0 heterocycles. The zero-order valence-corrected chi connectivity index (χ0v) is 13.8. The molecule has 0 saturated heterocycles. The maximum atomic E-state index is 4.85. The Morgan fingerprint density at radius 3 is 1.43 bits per heavy atom. The lowest BCUT2D eigenvalue weighted by Gasteiger charge is -2.07. The molecule has 0 spiro atoms. The van der Waals surface area contributed by atoms with Crippen LogP contribution in [-0.2, 0) is 6.54 Å². The molecular weight excluding hydrogens is 278 g/mol. The largest absolute Gasteiger partial charge is 0.279 e. The van der Waals surface area contributed by atoms with E-state index >= 15 is 0 Å². The van der Waals surface area contributed by atoms with Gasteiger partial charge in [-0.15, -0.1) is 0 Å². The molecule has 23 heavy (non-hydrogen) atoms. The average molecular weight is 301 g/mol. The number of aliphatic imine (C=N–C) groups is 1. The van der Waals surface area contributed by atoms with Crippen molar-refractivity contribution in [3.8, 4) is 0 Å². The van der Waals surface area contributed by atoms with Gasteiger partial charge in [-0.05, 0) is 5.56 Å². The molecule has 0 aliphatic heterocycles. The molecule has 3 rings (SSSR count). The van der Waals surface area contributed by atoms with Crippen LogP contribution in [0.1, 0.15) is 30.5 Å². The third-order valence-corrected chi connectivity index (χ3v) is 3.36. The van der Waals surface area contributed by atoms with Gasteiger partial charge in [0.15, 0.2) is 0 Å². The summed E-state index contributed by atoms with van der Waals surface area (Å²) in [5, 5.41) is 0. The predicted molar refractivity (Wildman–Crippen MR) is 100 cm³/mol. The second-order valence-corrected chi connectivity index (χ2v) is 4.88. The van der Waals surface area contributed by atoms with Gasteiger partial charge in [0.2, 0.25) is 0 Å². The van der Waals surface area contributed by atoms with E-state index < -0.39 is 0 Å². The Balaban J connectivity index is 0.000000924. The van der Waals surface area contributed by atoms with Gasteiger partial charge >= 0.3 is 0 Å². The molecule has 0 saturated carbocycles. The van der Waals surface area contributed by atoms with E-state index in [0.717, 1.165) is 16.8 Å². The van der Waals surface area contributed by atoms with Crippen LogP contribution in [0, 0.1) is 0 Å². The standard InChI is InChI=1S/C20H17N.C2H6/c1-4-10-17(11-5-1)16-21-20(18-12-6-2-7-13-18)19-14-8-3-9-15-19;1-2/h1-15H,16H2;1-2H3. The fourth-order valence-corrected chi connectivity index (χ4v) is 2.30. The van der Waals surface area contributed by atoms with E-state index in [1.54, 1.807) is 0 Å². The Hall–Kier alpha value is -2.67. The first-order valence-electron chi connectivity index (χ1n) is 8.13. The van der Waals surface area contributed by atoms with Gasteiger partial charge in [-0.3, -0.25) is 4.99 Å². The summed E-state index contributed by atoms with van der Waals surface area (Å²) in [6.07, 6.45) is 0. The van der Waals surface area contributed by atoms with Crippen molar-refractivity contribution < 1.29 is 0 Å². The van der Waals surface area contributed by atoms with Gasteiger partial charge < -0.3 is 0 Å². The molecule has 0 atom stereocenters. The minimum Gasteiger partial charge on any atom is -0.279 e. The summed E-state index contributed by atoms with van der Waals surface area (Å²) in [6, 6.07) is 31.1. The van der Waals surface area contributed by atoms with E-state index in [1.165, 1.54) is 5.56 Å². The van der Waals surface area contributed by atoms with Crippen LogP contribution >= 0.6 is 0 Å². The van der Waals surface area contributed by atoms with E-state index in [4.69, 9.17) is 4.99 Å². The fourth-order valence-electron chi connectivity index (χ4n) is 2.30. The highest BCUT2D eigenvalue weighted by atomic mass is 14.7. The summed E-state index contributed by atoms with van der Waals surface area (Å²) in [5.41, 5.74) is 4.57. The van der Waals surface area contributed by atoms with Crippen molar-refractivity contribution in [1.29, 1.82) is 0 Å². The number of benzene rings is 3. The molecule has 0 aliphatic rings. The van der Waals surface area contributed by atoms with Crippen molar-refractivity contribution in [2.24, 2.45) is 4.99 Å². The highest BCUT2D eigenvalue weighted by Gasteiger charge is 2.05. The smallest absolute Gasteiger partial charge is 0.0723 e. The number of rotatable bonds is 4. The van der Waals surface area contributed by atoms with Crippen LogP contribution in [0.5, 0.6) is 0 Å². The third-order valence-electron chi connectivity index (χ3n) is 3.36. The summed E-state index contributed by atoms with van der Waals surface area (Å²) in [6.45, 7) is 4.69. The topological polar surface area (TPSA) is 12.4 Å². The lowest BCUT2D eigenvalue weighted by molar-refractivity contribution is 1.07. The van der Waals surface area contributed by atoms with Crippen molar-refractivity contribution >= 4 is 5.71 Å². The Morgan fingerprint density at radius 1 is 0.609 bits per heavy atom. The summed E-state index contributed by atoms with van der Waals surface area (Å²) < 4.78 is 0. The van der Waals surface area contributed by atoms with Crippen molar-refractivity contribution in [3.05, 3.63) is 108 Å². The highest BCUT2D eigenvalue weighted by molar-refractivity contribution is 6.12. The lowest BCUT2D eigenvalue weighted by Crippen LogP contribution is -2.03. The van der Waals surface area contributed by atoms with Gasteiger partial charge in [0, 0.05) is 11.1 Å². The fraction of sp³-hybridized carbons (Fsp3) is 0.136. The van der Waals surface area contributed by atoms with Crippen LogP contribution in [0.4, 0.5) is 0 Å². The Kier molecular flexibility index (Phi) is 6.80. The quantitative estimate of drug-likeness (QED) is 0.544. The maximum absolute atomic E-state index is 4.85. The normalized spacial score (nSPS) is 9.48. The van der Waals surface area contributed by atoms with Crippen LogP contribution in [0.15, 0.2) is 96.0 Å². The van der Waals surface area contributed by atoms with Gasteiger partial charge in [0.1, 0.15) is 0 Å². The number of hydrogen-bond acceptors (Lipinski definition) is 1. The van der Waals surface area contributed by atoms with Gasteiger partial charge in [-0.25, -0.2) is 0 Å². The molecule has 1 heteroatoms. The molecule has 116 valence electrons. The van der Waals surface area contributed by atoms with Crippen LogP contribution in [0.2, 0.25) is 0 Å². The molecule has 0 N–H and O–H groups in total. The third kappa shape index (κ3) is 4.93. The van der Waals surface area contributed by atoms with Gasteiger partial charge in [0.05, 0.1) is 12.3 Å². The van der Waals surface area contributed by atoms with Crippen molar-refractivity contribution in [2.75, 3.05) is 0 Å². The summed E-state index contributed by atoms with van der Waals surface area (Å²) in [7, 11) is 0. The lowest BCUT2D eigenvalue weighted by atomic mass is 10.0. The van der Waals surface area contributed by atoms with E-state index in [2.05, 4.69) is 72.8 Å². The average Bonchev–Trinajstić information content (AvgIpc) is 2.66. The number of hydrogen-bond donors (Lipinski definition) is 0. The Bertz CT molecular complexity index is 659. The second kappa shape index (κ2) is 9.37. The molecule has 0 amide bonds. The molecule has 1 nitrogen and oxygen atoms in total. The van der Waals surface area contributed by atoms with E-state index in [9.17, 15) is 0 Å². The molecule has 0 bridgehead atoms. The van der Waals surface area contributed by atoms with Crippen molar-refractivity contribution in [3.63, 3.8) is 0 Å². The van der Waals surface area contributed by atoms with Crippen LogP contribution in [-0.4, -0.2) is 5.71 Å². The monoisotopic (exact) mass is 301 g/mol. The van der Waals surface area contributed by atoms with E-state index in [0.29, 0.717) is 6.54 Å².